The summed E-state index contributed by atoms with van der Waals surface area (Å²) in [5.41, 5.74) is 2.91. The molecule has 1 N–H and O–H groups in total. The van der Waals surface area contributed by atoms with Gasteiger partial charge in [-0.2, -0.15) is 0 Å². The number of piperazine rings is 1. The molecule has 0 radical (unpaired) electrons. The first-order valence-corrected chi connectivity index (χ1v) is 7.27. The lowest BCUT2D eigenvalue weighted by Crippen LogP contribution is -2.45. The lowest BCUT2D eigenvalue weighted by atomic mass is 9.97. The zero-order valence-electron chi connectivity index (χ0n) is 11.9. The summed E-state index contributed by atoms with van der Waals surface area (Å²) in [6, 6.07) is 9.83. The van der Waals surface area contributed by atoms with Crippen LogP contribution in [0.1, 0.15) is 50.3 Å². The van der Waals surface area contributed by atoms with Crippen LogP contribution in [0.25, 0.3) is 0 Å². The smallest absolute Gasteiger partial charge is 0.0346 e. The van der Waals surface area contributed by atoms with Crippen LogP contribution in [0.3, 0.4) is 0 Å². The summed E-state index contributed by atoms with van der Waals surface area (Å²) in [5.74, 6) is 0.623. The molecule has 1 aliphatic rings. The summed E-state index contributed by atoms with van der Waals surface area (Å²) >= 11 is 0. The molecular weight excluding hydrogens is 220 g/mol. The zero-order valence-corrected chi connectivity index (χ0v) is 11.9. The molecule has 2 rings (SSSR count). The number of nitrogens with one attached hydrogen (secondary N) is 1. The zero-order chi connectivity index (χ0) is 13.0. The Kier molecular flexibility index (Phi) is 4.79. The first-order chi connectivity index (χ1) is 8.72. The lowest BCUT2D eigenvalue weighted by molar-refractivity contribution is 0.169. The van der Waals surface area contributed by atoms with Crippen LogP contribution >= 0.6 is 0 Å². The second-order valence-corrected chi connectivity index (χ2v) is 5.53. The Hall–Kier alpha value is -0.860. The van der Waals surface area contributed by atoms with E-state index in [1.807, 2.05) is 0 Å². The van der Waals surface area contributed by atoms with Gasteiger partial charge in [0.15, 0.2) is 0 Å². The molecule has 100 valence electrons. The minimum atomic E-state index is 0.591. The van der Waals surface area contributed by atoms with Gasteiger partial charge in [-0.15, -0.1) is 0 Å². The van der Waals surface area contributed by atoms with Gasteiger partial charge in [-0.25, -0.2) is 0 Å². The molecule has 1 heterocycles. The molecule has 1 fully saturated rings. The van der Waals surface area contributed by atoms with Crippen LogP contribution in [0.5, 0.6) is 0 Å². The molecule has 0 bridgehead atoms. The van der Waals surface area contributed by atoms with Crippen LogP contribution < -0.4 is 5.32 Å². The van der Waals surface area contributed by atoms with Crippen LogP contribution in [-0.4, -0.2) is 31.1 Å². The van der Waals surface area contributed by atoms with Gasteiger partial charge in [-0.05, 0) is 23.5 Å². The van der Waals surface area contributed by atoms with Crippen molar-refractivity contribution in [2.45, 2.75) is 39.2 Å². The molecule has 1 atom stereocenters. The number of hydrogen-bond donors (Lipinski definition) is 1. The van der Waals surface area contributed by atoms with Crippen molar-refractivity contribution >= 4 is 0 Å². The summed E-state index contributed by atoms with van der Waals surface area (Å²) in [6.07, 6.45) is 1.20. The van der Waals surface area contributed by atoms with Crippen LogP contribution in [0.15, 0.2) is 24.3 Å². The van der Waals surface area contributed by atoms with Crippen molar-refractivity contribution in [3.8, 4) is 0 Å². The first kappa shape index (κ1) is 13.6. The highest BCUT2D eigenvalue weighted by molar-refractivity contribution is 5.27. The summed E-state index contributed by atoms with van der Waals surface area (Å²) < 4.78 is 0. The molecule has 1 aromatic carbocycles. The van der Waals surface area contributed by atoms with Crippen LogP contribution in [-0.2, 0) is 0 Å². The van der Waals surface area contributed by atoms with E-state index in [1.54, 1.807) is 0 Å². The first-order valence-electron chi connectivity index (χ1n) is 7.27. The van der Waals surface area contributed by atoms with Gasteiger partial charge in [0.2, 0.25) is 0 Å². The Morgan fingerprint density at radius 1 is 1.06 bits per heavy atom. The van der Waals surface area contributed by atoms with E-state index in [9.17, 15) is 0 Å². The maximum atomic E-state index is 3.43. The highest BCUT2D eigenvalue weighted by atomic mass is 15.2. The van der Waals surface area contributed by atoms with E-state index in [2.05, 4.69) is 55.3 Å². The molecule has 0 aromatic heterocycles. The molecule has 1 saturated heterocycles. The van der Waals surface area contributed by atoms with E-state index in [4.69, 9.17) is 0 Å². The molecule has 1 unspecified atom stereocenters. The molecule has 1 aromatic rings. The van der Waals surface area contributed by atoms with Gasteiger partial charge in [0, 0.05) is 32.2 Å². The largest absolute Gasteiger partial charge is 0.314 e. The molecule has 0 amide bonds. The normalized spacial score (nSPS) is 19.1. The Morgan fingerprint density at radius 2 is 1.61 bits per heavy atom. The highest BCUT2D eigenvalue weighted by Crippen LogP contribution is 2.26. The Morgan fingerprint density at radius 3 is 2.11 bits per heavy atom. The van der Waals surface area contributed by atoms with Gasteiger partial charge in [-0.1, -0.05) is 45.0 Å². The summed E-state index contributed by atoms with van der Waals surface area (Å²) in [4.78, 5) is 2.61. The number of benzene rings is 1. The molecule has 1 aliphatic heterocycles. The van der Waals surface area contributed by atoms with E-state index in [0.717, 1.165) is 13.1 Å². The van der Waals surface area contributed by atoms with Crippen molar-refractivity contribution in [1.82, 2.24) is 10.2 Å². The second kappa shape index (κ2) is 6.35. The monoisotopic (exact) mass is 246 g/mol. The van der Waals surface area contributed by atoms with Crippen molar-refractivity contribution in [2.24, 2.45) is 0 Å². The second-order valence-electron chi connectivity index (χ2n) is 5.53. The van der Waals surface area contributed by atoms with E-state index in [-0.39, 0.29) is 0 Å². The van der Waals surface area contributed by atoms with Crippen molar-refractivity contribution in [1.29, 1.82) is 0 Å². The summed E-state index contributed by atoms with van der Waals surface area (Å²) in [7, 11) is 0. The maximum absolute atomic E-state index is 3.43. The summed E-state index contributed by atoms with van der Waals surface area (Å²) in [6.45, 7) is 11.4. The van der Waals surface area contributed by atoms with Crippen molar-refractivity contribution < 1.29 is 0 Å². The molecule has 18 heavy (non-hydrogen) atoms. The molecular formula is C16H26N2. The third-order valence-corrected chi connectivity index (χ3v) is 3.97. The fourth-order valence-corrected chi connectivity index (χ4v) is 2.80. The Labute approximate surface area is 111 Å². The maximum Gasteiger partial charge on any atom is 0.0346 e. The number of nitrogens with zero attached hydrogens (tertiary/aromatic N) is 1. The minimum Gasteiger partial charge on any atom is -0.314 e. The van der Waals surface area contributed by atoms with E-state index < -0.39 is 0 Å². The van der Waals surface area contributed by atoms with Gasteiger partial charge in [-0.3, -0.25) is 4.90 Å². The molecule has 0 spiro atoms. The van der Waals surface area contributed by atoms with Gasteiger partial charge in [0.25, 0.3) is 0 Å². The lowest BCUT2D eigenvalue weighted by Gasteiger charge is -2.34. The highest BCUT2D eigenvalue weighted by Gasteiger charge is 2.20. The van der Waals surface area contributed by atoms with Crippen molar-refractivity contribution in [3.63, 3.8) is 0 Å². The predicted octanol–water partition coefficient (Wildman–Crippen LogP) is 3.17. The number of hydrogen-bond acceptors (Lipinski definition) is 2. The topological polar surface area (TPSA) is 15.3 Å². The van der Waals surface area contributed by atoms with Gasteiger partial charge < -0.3 is 5.32 Å². The predicted molar refractivity (Wildman–Crippen MR) is 78.0 cm³/mol. The van der Waals surface area contributed by atoms with Crippen LogP contribution in [0, 0.1) is 0 Å². The number of rotatable bonds is 4. The van der Waals surface area contributed by atoms with Gasteiger partial charge >= 0.3 is 0 Å². The third-order valence-electron chi connectivity index (χ3n) is 3.97. The van der Waals surface area contributed by atoms with Gasteiger partial charge in [0.1, 0.15) is 0 Å². The fourth-order valence-electron chi connectivity index (χ4n) is 2.80. The van der Waals surface area contributed by atoms with Crippen molar-refractivity contribution in [2.75, 3.05) is 26.2 Å². The minimum absolute atomic E-state index is 0.591. The van der Waals surface area contributed by atoms with E-state index in [1.165, 1.54) is 30.6 Å². The third kappa shape index (κ3) is 3.12. The van der Waals surface area contributed by atoms with E-state index >= 15 is 0 Å². The van der Waals surface area contributed by atoms with Gasteiger partial charge in [0.05, 0.1) is 0 Å². The fraction of sp³-hybridized carbons (Fsp3) is 0.625. The standard InChI is InChI=1S/C16H26N2/c1-4-16(18-11-9-17-10-12-18)15-7-5-14(6-8-15)13(2)3/h5-8,13,16-17H,4,9-12H2,1-3H3. The molecule has 0 saturated carbocycles. The quantitative estimate of drug-likeness (QED) is 0.878. The van der Waals surface area contributed by atoms with Crippen LogP contribution in [0.4, 0.5) is 0 Å². The summed E-state index contributed by atoms with van der Waals surface area (Å²) in [5, 5.41) is 3.43. The van der Waals surface area contributed by atoms with E-state index in [0.29, 0.717) is 12.0 Å². The Balaban J connectivity index is 2.11. The molecule has 2 heteroatoms. The Bertz CT molecular complexity index is 350. The average Bonchev–Trinajstić information content (AvgIpc) is 2.41. The molecule has 0 aliphatic carbocycles. The SMILES string of the molecule is CCC(c1ccc(C(C)C)cc1)N1CCNCC1. The molecule has 2 nitrogen and oxygen atoms in total. The van der Waals surface area contributed by atoms with Crippen molar-refractivity contribution in [3.05, 3.63) is 35.4 Å². The van der Waals surface area contributed by atoms with Crippen LogP contribution in [0.2, 0.25) is 0 Å². The average molecular weight is 246 g/mol.